The number of carbonyl (C=O) groups excluding carboxylic acids is 1. The second kappa shape index (κ2) is 8.84. The average molecular weight is 438 g/mol. The third-order valence-corrected chi connectivity index (χ3v) is 5.40. The van der Waals surface area contributed by atoms with E-state index in [0.29, 0.717) is 12.1 Å². The molecule has 1 aliphatic heterocycles. The Morgan fingerprint density at radius 2 is 1.96 bits per heavy atom. The van der Waals surface area contributed by atoms with E-state index in [1.165, 1.54) is 5.69 Å². The number of piperazine rings is 1. The topological polar surface area (TPSA) is 48.5 Å². The number of rotatable bonds is 5. The van der Waals surface area contributed by atoms with Gasteiger partial charge in [0, 0.05) is 55.1 Å². The predicted octanol–water partition coefficient (Wildman–Crippen LogP) is 3.44. The molecule has 1 aromatic carbocycles. The van der Waals surface area contributed by atoms with Gasteiger partial charge in [-0.15, -0.1) is 0 Å². The monoisotopic (exact) mass is 436 g/mol. The van der Waals surface area contributed by atoms with Crippen LogP contribution >= 0.6 is 27.5 Å². The van der Waals surface area contributed by atoms with Crippen LogP contribution in [0.4, 0.5) is 5.69 Å². The quantitative estimate of drug-likeness (QED) is 0.728. The van der Waals surface area contributed by atoms with Crippen LogP contribution in [0.3, 0.4) is 0 Å². The van der Waals surface area contributed by atoms with Crippen LogP contribution in [0, 0.1) is 0 Å². The van der Waals surface area contributed by atoms with Gasteiger partial charge in [0.05, 0.1) is 5.56 Å². The zero-order valence-corrected chi connectivity index (χ0v) is 17.0. The first kappa shape index (κ1) is 19.1. The number of halogens is 2. The smallest absolute Gasteiger partial charge is 0.254 e. The molecule has 1 aromatic heterocycles. The molecule has 3 rings (SSSR count). The summed E-state index contributed by atoms with van der Waals surface area (Å²) in [5.41, 5.74) is 1.66. The van der Waals surface area contributed by atoms with Gasteiger partial charge in [-0.05, 0) is 41.1 Å². The SMILES string of the molecule is CC(CNC(=O)c1cc(Br)cnc1Cl)N1CCN(c2ccccc2)CC1. The Labute approximate surface area is 167 Å². The van der Waals surface area contributed by atoms with E-state index in [9.17, 15) is 4.79 Å². The number of nitrogens with one attached hydrogen (secondary N) is 1. The fourth-order valence-electron chi connectivity index (χ4n) is 3.11. The van der Waals surface area contributed by atoms with Crippen LogP contribution in [0.15, 0.2) is 47.1 Å². The van der Waals surface area contributed by atoms with Crippen LogP contribution in [0.5, 0.6) is 0 Å². The summed E-state index contributed by atoms with van der Waals surface area (Å²) in [5.74, 6) is -0.196. The largest absolute Gasteiger partial charge is 0.369 e. The Balaban J connectivity index is 1.49. The molecular weight excluding hydrogens is 416 g/mol. The summed E-state index contributed by atoms with van der Waals surface area (Å²) in [6.07, 6.45) is 1.58. The van der Waals surface area contributed by atoms with Crippen LogP contribution in [0.2, 0.25) is 5.15 Å². The minimum atomic E-state index is -0.196. The van der Waals surface area contributed by atoms with Crippen molar-refractivity contribution in [3.63, 3.8) is 0 Å². The summed E-state index contributed by atoms with van der Waals surface area (Å²) in [6.45, 7) is 6.65. The van der Waals surface area contributed by atoms with Gasteiger partial charge >= 0.3 is 0 Å². The van der Waals surface area contributed by atoms with Crippen molar-refractivity contribution in [2.45, 2.75) is 13.0 Å². The van der Waals surface area contributed by atoms with Crippen molar-refractivity contribution in [2.24, 2.45) is 0 Å². The second-order valence-corrected chi connectivity index (χ2v) is 7.68. The van der Waals surface area contributed by atoms with Gasteiger partial charge in [0.2, 0.25) is 0 Å². The third kappa shape index (κ3) is 4.75. The Hall–Kier alpha value is -1.63. The second-order valence-electron chi connectivity index (χ2n) is 6.41. The van der Waals surface area contributed by atoms with Crippen molar-refractivity contribution in [3.8, 4) is 0 Å². The molecule has 0 radical (unpaired) electrons. The molecule has 1 aliphatic rings. The number of anilines is 1. The lowest BCUT2D eigenvalue weighted by molar-refractivity contribution is 0.0934. The average Bonchev–Trinajstić information content (AvgIpc) is 2.68. The molecule has 5 nitrogen and oxygen atoms in total. The number of aromatic nitrogens is 1. The Bertz CT molecular complexity index is 750. The van der Waals surface area contributed by atoms with E-state index in [0.717, 1.165) is 30.7 Å². The Morgan fingerprint density at radius 3 is 2.65 bits per heavy atom. The third-order valence-electron chi connectivity index (χ3n) is 4.67. The van der Waals surface area contributed by atoms with Gasteiger partial charge in [0.25, 0.3) is 5.91 Å². The van der Waals surface area contributed by atoms with Crippen molar-refractivity contribution in [1.82, 2.24) is 15.2 Å². The van der Waals surface area contributed by atoms with Gasteiger partial charge in [-0.3, -0.25) is 9.69 Å². The number of pyridine rings is 1. The van der Waals surface area contributed by atoms with E-state index in [1.807, 2.05) is 6.07 Å². The van der Waals surface area contributed by atoms with E-state index in [-0.39, 0.29) is 17.1 Å². The van der Waals surface area contributed by atoms with Crippen LogP contribution in [-0.2, 0) is 0 Å². The molecule has 0 spiro atoms. The molecule has 7 heteroatoms. The van der Waals surface area contributed by atoms with E-state index >= 15 is 0 Å². The maximum atomic E-state index is 12.4. The molecule has 1 atom stereocenters. The van der Waals surface area contributed by atoms with Crippen molar-refractivity contribution < 1.29 is 4.79 Å². The molecule has 2 aromatic rings. The molecule has 26 heavy (non-hydrogen) atoms. The van der Waals surface area contributed by atoms with Gasteiger partial charge in [-0.2, -0.15) is 0 Å². The summed E-state index contributed by atoms with van der Waals surface area (Å²) in [5, 5.41) is 3.18. The van der Waals surface area contributed by atoms with Gasteiger partial charge in [-0.25, -0.2) is 4.98 Å². The zero-order valence-electron chi connectivity index (χ0n) is 14.7. The van der Waals surface area contributed by atoms with Crippen LogP contribution in [0.1, 0.15) is 17.3 Å². The van der Waals surface area contributed by atoms with Crippen molar-refractivity contribution >= 4 is 39.1 Å². The number of hydrogen-bond donors (Lipinski definition) is 1. The van der Waals surface area contributed by atoms with Crippen LogP contribution < -0.4 is 10.2 Å². The molecule has 1 fully saturated rings. The maximum absolute atomic E-state index is 12.4. The molecule has 0 aliphatic carbocycles. The van der Waals surface area contributed by atoms with Gasteiger partial charge in [-0.1, -0.05) is 29.8 Å². The Kier molecular flexibility index (Phi) is 6.51. The first-order valence-corrected chi connectivity index (χ1v) is 9.85. The van der Waals surface area contributed by atoms with Crippen molar-refractivity contribution in [3.05, 3.63) is 57.8 Å². The first-order valence-electron chi connectivity index (χ1n) is 8.68. The summed E-state index contributed by atoms with van der Waals surface area (Å²) in [7, 11) is 0. The van der Waals surface area contributed by atoms with Crippen molar-refractivity contribution in [1.29, 1.82) is 0 Å². The Morgan fingerprint density at radius 1 is 1.27 bits per heavy atom. The first-order chi connectivity index (χ1) is 12.5. The highest BCUT2D eigenvalue weighted by atomic mass is 79.9. The van der Waals surface area contributed by atoms with E-state index in [4.69, 9.17) is 11.6 Å². The standard InChI is InChI=1S/C19H22BrClN4O/c1-14(12-23-19(26)17-11-15(20)13-22-18(17)21)24-7-9-25(10-8-24)16-5-3-2-4-6-16/h2-6,11,13-14H,7-10,12H2,1H3,(H,23,26). The van der Waals surface area contributed by atoms with Crippen LogP contribution in [0.25, 0.3) is 0 Å². The fourth-order valence-corrected chi connectivity index (χ4v) is 3.63. The van der Waals surface area contributed by atoms with Gasteiger partial charge in [0.15, 0.2) is 0 Å². The molecular formula is C19H22BrClN4O. The summed E-state index contributed by atoms with van der Waals surface area (Å²) in [6, 6.07) is 12.4. The van der Waals surface area contributed by atoms with E-state index in [1.54, 1.807) is 12.3 Å². The zero-order chi connectivity index (χ0) is 18.5. The number of para-hydroxylation sites is 1. The minimum Gasteiger partial charge on any atom is -0.369 e. The van der Waals surface area contributed by atoms with Gasteiger partial charge in [0.1, 0.15) is 5.15 Å². The number of amides is 1. The molecule has 0 saturated carbocycles. The van der Waals surface area contributed by atoms with E-state index in [2.05, 4.69) is 67.2 Å². The number of nitrogens with zero attached hydrogens (tertiary/aromatic N) is 3. The molecule has 0 bridgehead atoms. The summed E-state index contributed by atoms with van der Waals surface area (Å²) < 4.78 is 0.733. The molecule has 1 amide bonds. The van der Waals surface area contributed by atoms with Crippen LogP contribution in [-0.4, -0.2) is 54.6 Å². The highest BCUT2D eigenvalue weighted by Crippen LogP contribution is 2.18. The van der Waals surface area contributed by atoms with E-state index < -0.39 is 0 Å². The lowest BCUT2D eigenvalue weighted by Crippen LogP contribution is -2.52. The number of hydrogen-bond acceptors (Lipinski definition) is 4. The minimum absolute atomic E-state index is 0.196. The highest BCUT2D eigenvalue weighted by molar-refractivity contribution is 9.10. The summed E-state index contributed by atoms with van der Waals surface area (Å²) in [4.78, 5) is 21.2. The summed E-state index contributed by atoms with van der Waals surface area (Å²) >= 11 is 9.34. The molecule has 1 unspecified atom stereocenters. The maximum Gasteiger partial charge on any atom is 0.254 e. The lowest BCUT2D eigenvalue weighted by atomic mass is 10.2. The highest BCUT2D eigenvalue weighted by Gasteiger charge is 2.22. The molecule has 1 N–H and O–H groups in total. The predicted molar refractivity (Wildman–Crippen MR) is 109 cm³/mol. The molecule has 138 valence electrons. The molecule has 2 heterocycles. The van der Waals surface area contributed by atoms with Crippen molar-refractivity contribution in [2.75, 3.05) is 37.6 Å². The number of benzene rings is 1. The number of carbonyl (C=O) groups is 1. The normalized spacial score (nSPS) is 16.3. The fraction of sp³-hybridized carbons (Fsp3) is 0.368. The van der Waals surface area contributed by atoms with Gasteiger partial charge < -0.3 is 10.2 Å². The molecule has 1 saturated heterocycles. The lowest BCUT2D eigenvalue weighted by Gasteiger charge is -2.39.